The zero-order valence-electron chi connectivity index (χ0n) is 10.6. The molecule has 0 aromatic carbocycles. The van der Waals surface area contributed by atoms with Crippen molar-refractivity contribution in [3.8, 4) is 0 Å². The molecule has 3 N–H and O–H groups in total. The second-order valence-electron chi connectivity index (χ2n) is 6.54. The zero-order valence-corrected chi connectivity index (χ0v) is 10.6. The molecule has 3 saturated carbocycles. The largest absolute Gasteiger partial charge is 0.481 e. The highest BCUT2D eigenvalue weighted by molar-refractivity contribution is 5.68. The maximum absolute atomic E-state index is 11.1. The average Bonchev–Trinajstić information content (AvgIpc) is 2.77. The van der Waals surface area contributed by atoms with E-state index < -0.39 is 5.97 Å². The molecule has 0 aromatic rings. The van der Waals surface area contributed by atoms with Gasteiger partial charge in [0.2, 0.25) is 0 Å². The monoisotopic (exact) mass is 237 g/mol. The van der Waals surface area contributed by atoms with Gasteiger partial charge in [-0.3, -0.25) is 4.79 Å². The molecule has 0 aromatic heterocycles. The Balaban J connectivity index is 1.90. The molecule has 5 atom stereocenters. The normalized spacial score (nSPS) is 51.1. The predicted octanol–water partition coefficient (Wildman–Crippen LogP) is 2.25. The van der Waals surface area contributed by atoms with Gasteiger partial charge in [0.15, 0.2) is 0 Å². The first-order valence-corrected chi connectivity index (χ1v) is 7.01. The first kappa shape index (κ1) is 11.5. The Kier molecular flexibility index (Phi) is 2.35. The fourth-order valence-corrected chi connectivity index (χ4v) is 5.79. The van der Waals surface area contributed by atoms with Crippen LogP contribution in [0, 0.1) is 28.6 Å². The summed E-state index contributed by atoms with van der Waals surface area (Å²) in [6, 6.07) is 0. The minimum atomic E-state index is -0.658. The lowest BCUT2D eigenvalue weighted by molar-refractivity contribution is -0.156. The molecule has 3 aliphatic carbocycles. The molecule has 0 radical (unpaired) electrons. The summed E-state index contributed by atoms with van der Waals surface area (Å²) < 4.78 is 0. The summed E-state index contributed by atoms with van der Waals surface area (Å²) in [7, 11) is 0. The Morgan fingerprint density at radius 3 is 2.35 bits per heavy atom. The average molecular weight is 237 g/mol. The van der Waals surface area contributed by atoms with Gasteiger partial charge in [0.1, 0.15) is 0 Å². The Bertz CT molecular complexity index is 336. The number of hydrogen-bond acceptors (Lipinski definition) is 2. The number of hydrogen-bond donors (Lipinski definition) is 2. The first-order valence-electron chi connectivity index (χ1n) is 7.01. The lowest BCUT2D eigenvalue weighted by Crippen LogP contribution is -2.59. The molecule has 3 fully saturated rings. The molecule has 0 heterocycles. The summed E-state index contributed by atoms with van der Waals surface area (Å²) in [4.78, 5) is 11.1. The van der Waals surface area contributed by atoms with Crippen LogP contribution in [0.25, 0.3) is 0 Å². The molecule has 0 bridgehead atoms. The van der Waals surface area contributed by atoms with Crippen LogP contribution in [-0.4, -0.2) is 17.6 Å². The third-order valence-electron chi connectivity index (χ3n) is 6.52. The molecule has 3 nitrogen and oxygen atoms in total. The summed E-state index contributed by atoms with van der Waals surface area (Å²) in [5.74, 6) is 1.36. The Morgan fingerprint density at radius 1 is 1.35 bits per heavy atom. The number of nitrogens with two attached hydrogens (primary N) is 1. The van der Waals surface area contributed by atoms with Gasteiger partial charge in [-0.2, -0.15) is 0 Å². The maximum atomic E-state index is 11.1. The van der Waals surface area contributed by atoms with Crippen LogP contribution in [0.4, 0.5) is 0 Å². The van der Waals surface area contributed by atoms with Crippen molar-refractivity contribution in [2.75, 3.05) is 6.54 Å². The van der Waals surface area contributed by atoms with Gasteiger partial charge in [0, 0.05) is 0 Å². The van der Waals surface area contributed by atoms with Crippen LogP contribution in [0.1, 0.15) is 45.4 Å². The Labute approximate surface area is 103 Å². The van der Waals surface area contributed by atoms with E-state index in [4.69, 9.17) is 10.8 Å². The summed E-state index contributed by atoms with van der Waals surface area (Å²) in [5.41, 5.74) is 6.49. The molecule has 0 spiro atoms. The second kappa shape index (κ2) is 3.47. The highest BCUT2D eigenvalue weighted by Gasteiger charge is 2.71. The molecular weight excluding hydrogens is 214 g/mol. The molecule has 0 amide bonds. The molecule has 3 rings (SSSR count). The van der Waals surface area contributed by atoms with Crippen LogP contribution in [0.15, 0.2) is 0 Å². The van der Waals surface area contributed by atoms with Crippen molar-refractivity contribution < 1.29 is 9.90 Å². The Hall–Kier alpha value is -0.570. The summed E-state index contributed by atoms with van der Waals surface area (Å²) in [6.45, 7) is 2.88. The SMILES string of the molecule is CC[C@]12CC[C@@H]3[C@H]1[C@H](CC2)[C@@]3(CN)CC(=O)O. The van der Waals surface area contributed by atoms with E-state index in [1.165, 1.54) is 32.1 Å². The van der Waals surface area contributed by atoms with Crippen LogP contribution >= 0.6 is 0 Å². The van der Waals surface area contributed by atoms with Gasteiger partial charge in [-0.15, -0.1) is 0 Å². The number of carbonyl (C=O) groups is 1. The van der Waals surface area contributed by atoms with Crippen LogP contribution in [0.3, 0.4) is 0 Å². The van der Waals surface area contributed by atoms with E-state index in [1.54, 1.807) is 0 Å². The second-order valence-corrected chi connectivity index (χ2v) is 6.54. The fraction of sp³-hybridized carbons (Fsp3) is 0.929. The number of aliphatic carboxylic acids is 1. The molecule has 3 heteroatoms. The lowest BCUT2D eigenvalue weighted by atomic mass is 9.45. The number of carboxylic acids is 1. The topological polar surface area (TPSA) is 63.3 Å². The molecule has 3 aliphatic rings. The minimum Gasteiger partial charge on any atom is -0.481 e. The van der Waals surface area contributed by atoms with Gasteiger partial charge < -0.3 is 10.8 Å². The van der Waals surface area contributed by atoms with Crippen LogP contribution in [0.2, 0.25) is 0 Å². The first-order chi connectivity index (χ1) is 8.09. The van der Waals surface area contributed by atoms with Crippen molar-refractivity contribution in [3.63, 3.8) is 0 Å². The fourth-order valence-electron chi connectivity index (χ4n) is 5.79. The van der Waals surface area contributed by atoms with Crippen LogP contribution in [0.5, 0.6) is 0 Å². The number of rotatable bonds is 4. The molecule has 0 unspecified atom stereocenters. The number of carboxylic acid groups (broad SMARTS) is 1. The standard InChI is InChI=1S/C14H23NO2/c1-2-13-5-3-9-12(13)10(4-6-13)14(9,8-15)7-11(16)17/h9-10,12H,2-8,15H2,1H3,(H,16,17)/t9-,10+,12+,13-,14-. The van der Waals surface area contributed by atoms with E-state index in [1.807, 2.05) is 0 Å². The van der Waals surface area contributed by atoms with Crippen molar-refractivity contribution >= 4 is 5.97 Å². The van der Waals surface area contributed by atoms with E-state index in [2.05, 4.69) is 6.92 Å². The van der Waals surface area contributed by atoms with Crippen molar-refractivity contribution in [2.45, 2.75) is 45.4 Å². The van der Waals surface area contributed by atoms with E-state index in [-0.39, 0.29) is 5.41 Å². The highest BCUT2D eigenvalue weighted by atomic mass is 16.4. The maximum Gasteiger partial charge on any atom is 0.303 e. The van der Waals surface area contributed by atoms with Crippen molar-refractivity contribution in [1.29, 1.82) is 0 Å². The van der Waals surface area contributed by atoms with E-state index in [0.29, 0.717) is 30.2 Å². The van der Waals surface area contributed by atoms with Crippen molar-refractivity contribution in [3.05, 3.63) is 0 Å². The smallest absolute Gasteiger partial charge is 0.303 e. The van der Waals surface area contributed by atoms with Gasteiger partial charge in [-0.1, -0.05) is 13.3 Å². The molecule has 96 valence electrons. The molecule has 17 heavy (non-hydrogen) atoms. The summed E-state index contributed by atoms with van der Waals surface area (Å²) >= 11 is 0. The molecule has 0 saturated heterocycles. The van der Waals surface area contributed by atoms with E-state index in [0.717, 1.165) is 5.92 Å². The van der Waals surface area contributed by atoms with Crippen LogP contribution < -0.4 is 5.73 Å². The highest BCUT2D eigenvalue weighted by Crippen LogP contribution is 2.76. The zero-order chi connectivity index (χ0) is 12.3. The minimum absolute atomic E-state index is 0.0517. The quantitative estimate of drug-likeness (QED) is 0.788. The summed E-state index contributed by atoms with van der Waals surface area (Å²) in [6.07, 6.45) is 6.65. The Morgan fingerprint density at radius 2 is 1.94 bits per heavy atom. The van der Waals surface area contributed by atoms with Gasteiger partial charge in [0.05, 0.1) is 6.42 Å². The van der Waals surface area contributed by atoms with E-state index in [9.17, 15) is 4.79 Å². The third kappa shape index (κ3) is 1.19. The van der Waals surface area contributed by atoms with Gasteiger partial charge in [-0.05, 0) is 60.8 Å². The van der Waals surface area contributed by atoms with Crippen molar-refractivity contribution in [1.82, 2.24) is 0 Å². The van der Waals surface area contributed by atoms with E-state index >= 15 is 0 Å². The van der Waals surface area contributed by atoms with Gasteiger partial charge >= 0.3 is 5.97 Å². The van der Waals surface area contributed by atoms with Gasteiger partial charge in [-0.25, -0.2) is 0 Å². The third-order valence-corrected chi connectivity index (χ3v) is 6.52. The summed E-state index contributed by atoms with van der Waals surface area (Å²) in [5, 5.41) is 9.16. The van der Waals surface area contributed by atoms with Gasteiger partial charge in [0.25, 0.3) is 0 Å². The molecular formula is C14H23NO2. The molecule has 0 aliphatic heterocycles. The predicted molar refractivity (Wildman–Crippen MR) is 65.4 cm³/mol. The lowest BCUT2D eigenvalue weighted by Gasteiger charge is -2.59. The van der Waals surface area contributed by atoms with Crippen molar-refractivity contribution in [2.24, 2.45) is 34.3 Å². The van der Waals surface area contributed by atoms with Crippen LogP contribution in [-0.2, 0) is 4.79 Å².